The number of fused-ring (bicyclic) bond motifs is 1. The lowest BCUT2D eigenvalue weighted by molar-refractivity contribution is 0.186. The van der Waals surface area contributed by atoms with Gasteiger partial charge in [-0.15, -0.1) is 0 Å². The second kappa shape index (κ2) is 7.15. The second-order valence-corrected chi connectivity index (χ2v) is 6.06. The lowest BCUT2D eigenvalue weighted by Crippen LogP contribution is -2.02. The van der Waals surface area contributed by atoms with Crippen LogP contribution in [-0.2, 0) is 0 Å². The second-order valence-electron chi connectivity index (χ2n) is 5.27. The van der Waals surface area contributed by atoms with E-state index in [1.54, 1.807) is 12.3 Å². The Morgan fingerprint density at radius 3 is 2.87 bits per heavy atom. The van der Waals surface area contributed by atoms with Gasteiger partial charge in [-0.3, -0.25) is 4.98 Å². The van der Waals surface area contributed by atoms with Crippen LogP contribution >= 0.6 is 15.9 Å². The van der Waals surface area contributed by atoms with Crippen LogP contribution in [0.3, 0.4) is 0 Å². The molecule has 5 heteroatoms. The van der Waals surface area contributed by atoms with Gasteiger partial charge in [0, 0.05) is 17.1 Å². The van der Waals surface area contributed by atoms with Gasteiger partial charge >= 0.3 is 0 Å². The number of benzene rings is 1. The molecule has 0 aliphatic rings. The van der Waals surface area contributed by atoms with Gasteiger partial charge < -0.3 is 14.3 Å². The molecule has 0 radical (unpaired) electrons. The third-order valence-corrected chi connectivity index (χ3v) is 4.27. The van der Waals surface area contributed by atoms with Crippen LogP contribution in [0, 0.1) is 6.92 Å². The van der Waals surface area contributed by atoms with Crippen molar-refractivity contribution < 1.29 is 14.3 Å². The van der Waals surface area contributed by atoms with Crippen molar-refractivity contribution in [2.75, 3.05) is 11.9 Å². The fraction of sp³-hybridized carbons (Fsp3) is 0.278. The number of pyridine rings is 1. The van der Waals surface area contributed by atoms with Crippen LogP contribution < -0.4 is 4.74 Å². The molecule has 1 N–H and O–H groups in total. The van der Waals surface area contributed by atoms with Gasteiger partial charge in [0.2, 0.25) is 0 Å². The molecule has 0 fully saturated rings. The van der Waals surface area contributed by atoms with E-state index in [4.69, 9.17) is 9.15 Å². The molecule has 0 spiro atoms. The molecule has 0 aliphatic heterocycles. The first kappa shape index (κ1) is 16.0. The molecule has 1 atom stereocenters. The van der Waals surface area contributed by atoms with Gasteiger partial charge in [0.05, 0.1) is 17.7 Å². The van der Waals surface area contributed by atoms with Crippen LogP contribution in [0.5, 0.6) is 5.75 Å². The van der Waals surface area contributed by atoms with Crippen LogP contribution in [-0.4, -0.2) is 22.0 Å². The van der Waals surface area contributed by atoms with Gasteiger partial charge in [-0.25, -0.2) is 0 Å². The predicted octanol–water partition coefficient (Wildman–Crippen LogP) is 4.38. The highest BCUT2D eigenvalue weighted by Crippen LogP contribution is 2.37. The Bertz CT molecular complexity index is 786. The molecule has 1 unspecified atom stereocenters. The van der Waals surface area contributed by atoms with Crippen LogP contribution in [0.25, 0.3) is 11.0 Å². The van der Waals surface area contributed by atoms with Crippen molar-refractivity contribution in [2.45, 2.75) is 19.4 Å². The largest absolute Gasteiger partial charge is 0.493 e. The zero-order valence-electron chi connectivity index (χ0n) is 12.8. The van der Waals surface area contributed by atoms with Crippen LogP contribution in [0.4, 0.5) is 0 Å². The van der Waals surface area contributed by atoms with Crippen LogP contribution in [0.15, 0.2) is 47.0 Å². The number of halogens is 1. The first-order valence-electron chi connectivity index (χ1n) is 7.52. The Hall–Kier alpha value is -1.85. The maximum atomic E-state index is 10.6. The van der Waals surface area contributed by atoms with Crippen molar-refractivity contribution in [1.82, 2.24) is 4.98 Å². The standard InChI is InChI=1S/C18H18BrNO3/c1-12-16-14(22-11-5-9-19)7-4-8-15(16)23-18(12)17(21)13-6-2-3-10-20-13/h2-4,6-8,10,17,21H,5,9,11H2,1H3. The highest BCUT2D eigenvalue weighted by molar-refractivity contribution is 9.09. The average molecular weight is 376 g/mol. The van der Waals surface area contributed by atoms with Crippen molar-refractivity contribution in [3.63, 3.8) is 0 Å². The first-order valence-corrected chi connectivity index (χ1v) is 8.64. The Morgan fingerprint density at radius 1 is 1.26 bits per heavy atom. The Balaban J connectivity index is 2.00. The van der Waals surface area contributed by atoms with E-state index >= 15 is 0 Å². The number of aliphatic hydroxyl groups is 1. The van der Waals surface area contributed by atoms with Gasteiger partial charge in [0.25, 0.3) is 0 Å². The molecule has 0 amide bonds. The van der Waals surface area contributed by atoms with Crippen LogP contribution in [0.2, 0.25) is 0 Å². The maximum Gasteiger partial charge on any atom is 0.154 e. The minimum atomic E-state index is -0.890. The number of hydrogen-bond acceptors (Lipinski definition) is 4. The zero-order valence-corrected chi connectivity index (χ0v) is 14.4. The smallest absolute Gasteiger partial charge is 0.154 e. The summed E-state index contributed by atoms with van der Waals surface area (Å²) < 4.78 is 11.7. The van der Waals surface area contributed by atoms with Gasteiger partial charge in [-0.05, 0) is 37.6 Å². The quantitative estimate of drug-likeness (QED) is 0.512. The molecule has 3 rings (SSSR count). The summed E-state index contributed by atoms with van der Waals surface area (Å²) in [5, 5.41) is 12.4. The third kappa shape index (κ3) is 3.26. The van der Waals surface area contributed by atoms with E-state index in [9.17, 15) is 5.11 Å². The summed E-state index contributed by atoms with van der Waals surface area (Å²) in [6.07, 6.45) is 1.70. The number of ether oxygens (including phenoxy) is 1. The number of aromatic nitrogens is 1. The Labute approximate surface area is 143 Å². The lowest BCUT2D eigenvalue weighted by atomic mass is 10.1. The van der Waals surface area contributed by atoms with E-state index in [-0.39, 0.29) is 0 Å². The molecule has 23 heavy (non-hydrogen) atoms. The molecular formula is C18H18BrNO3. The van der Waals surface area contributed by atoms with Crippen molar-refractivity contribution in [3.05, 3.63) is 59.6 Å². The normalized spacial score (nSPS) is 12.5. The summed E-state index contributed by atoms with van der Waals surface area (Å²) in [6, 6.07) is 11.1. The molecule has 0 saturated carbocycles. The number of aryl methyl sites for hydroxylation is 1. The summed E-state index contributed by atoms with van der Waals surface area (Å²) in [7, 11) is 0. The monoisotopic (exact) mass is 375 g/mol. The number of rotatable bonds is 6. The average Bonchev–Trinajstić information content (AvgIpc) is 2.93. The molecule has 4 nitrogen and oxygen atoms in total. The first-order chi connectivity index (χ1) is 11.2. The summed E-state index contributed by atoms with van der Waals surface area (Å²) in [4.78, 5) is 4.20. The van der Waals surface area contributed by atoms with Gasteiger partial charge in [-0.1, -0.05) is 28.1 Å². The molecule has 2 heterocycles. The van der Waals surface area contributed by atoms with E-state index in [1.807, 2.05) is 37.3 Å². The zero-order chi connectivity index (χ0) is 16.2. The molecule has 0 saturated heterocycles. The highest BCUT2D eigenvalue weighted by atomic mass is 79.9. The summed E-state index contributed by atoms with van der Waals surface area (Å²) >= 11 is 3.40. The molecule has 2 aromatic heterocycles. The molecule has 3 aromatic rings. The molecule has 0 bridgehead atoms. The minimum absolute atomic E-state index is 0.509. The summed E-state index contributed by atoms with van der Waals surface area (Å²) in [5.74, 6) is 1.29. The topological polar surface area (TPSA) is 55.5 Å². The third-order valence-electron chi connectivity index (χ3n) is 3.70. The number of nitrogens with zero attached hydrogens (tertiary/aromatic N) is 1. The van der Waals surface area contributed by atoms with E-state index in [0.717, 1.165) is 28.5 Å². The molecular weight excluding hydrogens is 358 g/mol. The van der Waals surface area contributed by atoms with Crippen molar-refractivity contribution in [2.24, 2.45) is 0 Å². The number of alkyl halides is 1. The van der Waals surface area contributed by atoms with Gasteiger partial charge in [-0.2, -0.15) is 0 Å². The van der Waals surface area contributed by atoms with E-state index in [2.05, 4.69) is 20.9 Å². The van der Waals surface area contributed by atoms with E-state index in [1.165, 1.54) is 0 Å². The fourth-order valence-corrected chi connectivity index (χ4v) is 2.80. The van der Waals surface area contributed by atoms with Crippen molar-refractivity contribution >= 4 is 26.9 Å². The predicted molar refractivity (Wildman–Crippen MR) is 93.2 cm³/mol. The summed E-state index contributed by atoms with van der Waals surface area (Å²) in [6.45, 7) is 2.57. The highest BCUT2D eigenvalue weighted by Gasteiger charge is 2.22. The van der Waals surface area contributed by atoms with Gasteiger partial charge in [0.1, 0.15) is 17.1 Å². The van der Waals surface area contributed by atoms with Gasteiger partial charge in [0.15, 0.2) is 6.10 Å². The molecule has 0 aliphatic carbocycles. The van der Waals surface area contributed by atoms with Crippen LogP contribution in [0.1, 0.15) is 29.5 Å². The number of furan rings is 1. The maximum absolute atomic E-state index is 10.6. The molecule has 120 valence electrons. The molecule has 1 aromatic carbocycles. The fourth-order valence-electron chi connectivity index (χ4n) is 2.57. The number of hydrogen-bond donors (Lipinski definition) is 1. The Morgan fingerprint density at radius 2 is 2.13 bits per heavy atom. The Kier molecular flexibility index (Phi) is 4.98. The minimum Gasteiger partial charge on any atom is -0.493 e. The van der Waals surface area contributed by atoms with E-state index in [0.29, 0.717) is 23.6 Å². The van der Waals surface area contributed by atoms with E-state index < -0.39 is 6.10 Å². The SMILES string of the molecule is Cc1c(C(O)c2ccccn2)oc2cccc(OCCCBr)c12. The lowest BCUT2D eigenvalue weighted by Gasteiger charge is -2.08. The summed E-state index contributed by atoms with van der Waals surface area (Å²) in [5.41, 5.74) is 2.16. The van der Waals surface area contributed by atoms with Crippen molar-refractivity contribution in [3.8, 4) is 5.75 Å². The number of aliphatic hydroxyl groups excluding tert-OH is 1. The van der Waals surface area contributed by atoms with Crippen molar-refractivity contribution in [1.29, 1.82) is 0 Å².